The summed E-state index contributed by atoms with van der Waals surface area (Å²) in [5, 5.41) is 8.67. The molecule has 14 heavy (non-hydrogen) atoms. The predicted molar refractivity (Wildman–Crippen MR) is 46.5 cm³/mol. The first-order chi connectivity index (χ1) is 6.63. The van der Waals surface area contributed by atoms with Crippen LogP contribution in [0, 0.1) is 17.1 Å². The van der Waals surface area contributed by atoms with Gasteiger partial charge in [-0.1, -0.05) is 12.1 Å². The Morgan fingerprint density at radius 3 is 2.86 bits per heavy atom. The van der Waals surface area contributed by atoms with Gasteiger partial charge in [-0.15, -0.1) is 0 Å². The van der Waals surface area contributed by atoms with Gasteiger partial charge in [0.25, 0.3) is 0 Å². The average molecular weight is 193 g/mol. The largest absolute Gasteiger partial charge is 0.442 e. The summed E-state index contributed by atoms with van der Waals surface area (Å²) in [5.41, 5.74) is 0.336. The van der Waals surface area contributed by atoms with E-state index in [0.717, 1.165) is 6.07 Å². The van der Waals surface area contributed by atoms with Crippen molar-refractivity contribution in [1.82, 2.24) is 0 Å². The Morgan fingerprint density at radius 1 is 1.64 bits per heavy atom. The molecule has 0 aliphatic rings. The van der Waals surface area contributed by atoms with Crippen LogP contribution >= 0.6 is 0 Å². The zero-order chi connectivity index (χ0) is 10.6. The Bertz CT molecular complexity index is 384. The van der Waals surface area contributed by atoms with Gasteiger partial charge in [0.1, 0.15) is 11.9 Å². The van der Waals surface area contributed by atoms with Gasteiger partial charge in [0, 0.05) is 12.5 Å². The Hall–Kier alpha value is -1.89. The van der Waals surface area contributed by atoms with Crippen LogP contribution in [0.15, 0.2) is 24.3 Å². The smallest absolute Gasteiger partial charge is 0.304 e. The van der Waals surface area contributed by atoms with E-state index in [1.807, 2.05) is 0 Å². The van der Waals surface area contributed by atoms with Crippen molar-refractivity contribution in [2.24, 2.45) is 0 Å². The molecule has 0 heterocycles. The number of nitrogens with zero attached hydrogens (tertiary/aromatic N) is 1. The average Bonchev–Trinajstić information content (AvgIpc) is 2.14. The SMILES string of the molecule is CC(=O)O[C@H](C#N)c1cccc(F)c1. The highest BCUT2D eigenvalue weighted by molar-refractivity contribution is 5.66. The number of halogens is 1. The molecule has 0 N–H and O–H groups in total. The molecule has 0 saturated heterocycles. The van der Waals surface area contributed by atoms with Crippen molar-refractivity contribution in [3.63, 3.8) is 0 Å². The molecule has 1 atom stereocenters. The quantitative estimate of drug-likeness (QED) is 0.674. The maximum Gasteiger partial charge on any atom is 0.304 e. The summed E-state index contributed by atoms with van der Waals surface area (Å²) in [5.74, 6) is -1.03. The fourth-order valence-electron chi connectivity index (χ4n) is 1.00. The lowest BCUT2D eigenvalue weighted by Crippen LogP contribution is -2.06. The van der Waals surface area contributed by atoms with Crippen LogP contribution in [-0.2, 0) is 9.53 Å². The zero-order valence-electron chi connectivity index (χ0n) is 7.53. The molecule has 0 fully saturated rings. The maximum atomic E-state index is 12.8. The first-order valence-corrected chi connectivity index (χ1v) is 3.96. The minimum Gasteiger partial charge on any atom is -0.442 e. The summed E-state index contributed by atoms with van der Waals surface area (Å²) in [7, 11) is 0. The van der Waals surface area contributed by atoms with Gasteiger partial charge in [-0.3, -0.25) is 4.79 Å². The predicted octanol–water partition coefficient (Wildman–Crippen LogP) is 1.95. The van der Waals surface area contributed by atoms with E-state index in [1.54, 1.807) is 6.07 Å². The molecular formula is C10H8FNO2. The highest BCUT2D eigenvalue weighted by atomic mass is 19.1. The third kappa shape index (κ3) is 2.56. The summed E-state index contributed by atoms with van der Waals surface area (Å²) >= 11 is 0. The van der Waals surface area contributed by atoms with Gasteiger partial charge in [-0.2, -0.15) is 5.26 Å². The van der Waals surface area contributed by atoms with Crippen molar-refractivity contribution in [3.05, 3.63) is 35.6 Å². The lowest BCUT2D eigenvalue weighted by atomic mass is 10.1. The third-order valence-corrected chi connectivity index (χ3v) is 1.55. The number of carbonyl (C=O) groups excluding carboxylic acids is 1. The van der Waals surface area contributed by atoms with Crippen molar-refractivity contribution in [2.45, 2.75) is 13.0 Å². The van der Waals surface area contributed by atoms with Crippen LogP contribution in [0.25, 0.3) is 0 Å². The molecule has 0 aliphatic carbocycles. The highest BCUT2D eigenvalue weighted by Crippen LogP contribution is 2.17. The fourth-order valence-corrected chi connectivity index (χ4v) is 1.00. The van der Waals surface area contributed by atoms with Crippen LogP contribution in [0.4, 0.5) is 4.39 Å². The topological polar surface area (TPSA) is 50.1 Å². The molecule has 1 aromatic rings. The van der Waals surface area contributed by atoms with Crippen molar-refractivity contribution in [2.75, 3.05) is 0 Å². The van der Waals surface area contributed by atoms with E-state index in [0.29, 0.717) is 5.56 Å². The molecule has 3 nitrogen and oxygen atoms in total. The summed E-state index contributed by atoms with van der Waals surface area (Å²) in [4.78, 5) is 10.6. The van der Waals surface area contributed by atoms with E-state index < -0.39 is 17.9 Å². The molecule has 0 unspecified atom stereocenters. The van der Waals surface area contributed by atoms with E-state index in [9.17, 15) is 9.18 Å². The standard InChI is InChI=1S/C10H8FNO2/c1-7(13)14-10(6-12)8-3-2-4-9(11)5-8/h2-5,10H,1H3/t10-/m1/s1. The van der Waals surface area contributed by atoms with Gasteiger partial charge in [0.2, 0.25) is 6.10 Å². The zero-order valence-corrected chi connectivity index (χ0v) is 7.53. The number of nitriles is 1. The van der Waals surface area contributed by atoms with E-state index in [4.69, 9.17) is 5.26 Å². The van der Waals surface area contributed by atoms with Gasteiger partial charge in [-0.25, -0.2) is 4.39 Å². The molecule has 0 aromatic heterocycles. The second kappa shape index (κ2) is 4.38. The number of esters is 1. The Balaban J connectivity index is 2.90. The number of carbonyl (C=O) groups is 1. The lowest BCUT2D eigenvalue weighted by molar-refractivity contribution is -0.144. The van der Waals surface area contributed by atoms with Crippen molar-refractivity contribution >= 4 is 5.97 Å². The number of hydrogen-bond acceptors (Lipinski definition) is 3. The molecule has 1 aromatic carbocycles. The molecule has 0 bridgehead atoms. The van der Waals surface area contributed by atoms with Crippen LogP contribution in [0.3, 0.4) is 0 Å². The normalized spacial score (nSPS) is 11.5. The summed E-state index contributed by atoms with van der Waals surface area (Å²) in [6.45, 7) is 1.20. The Morgan fingerprint density at radius 2 is 2.36 bits per heavy atom. The Kier molecular flexibility index (Phi) is 3.19. The summed E-state index contributed by atoms with van der Waals surface area (Å²) in [6.07, 6.45) is -1.04. The number of hydrogen-bond donors (Lipinski definition) is 0. The second-order valence-corrected chi connectivity index (χ2v) is 2.67. The van der Waals surface area contributed by atoms with Gasteiger partial charge in [0.05, 0.1) is 0 Å². The fraction of sp³-hybridized carbons (Fsp3) is 0.200. The lowest BCUT2D eigenvalue weighted by Gasteiger charge is -2.08. The van der Waals surface area contributed by atoms with Crippen LogP contribution in [-0.4, -0.2) is 5.97 Å². The first kappa shape index (κ1) is 10.2. The number of ether oxygens (including phenoxy) is 1. The molecule has 1 rings (SSSR count). The number of benzene rings is 1. The van der Waals surface area contributed by atoms with Crippen molar-refractivity contribution in [1.29, 1.82) is 5.26 Å². The van der Waals surface area contributed by atoms with E-state index in [-0.39, 0.29) is 0 Å². The third-order valence-electron chi connectivity index (χ3n) is 1.55. The van der Waals surface area contributed by atoms with E-state index in [1.165, 1.54) is 25.1 Å². The summed E-state index contributed by atoms with van der Waals surface area (Å²) in [6, 6.07) is 7.17. The maximum absolute atomic E-state index is 12.8. The van der Waals surface area contributed by atoms with Crippen LogP contribution in [0.1, 0.15) is 18.6 Å². The van der Waals surface area contributed by atoms with E-state index >= 15 is 0 Å². The molecule has 72 valence electrons. The van der Waals surface area contributed by atoms with Crippen LogP contribution in [0.2, 0.25) is 0 Å². The van der Waals surface area contributed by atoms with Crippen molar-refractivity contribution < 1.29 is 13.9 Å². The molecule has 0 spiro atoms. The van der Waals surface area contributed by atoms with Gasteiger partial charge >= 0.3 is 5.97 Å². The first-order valence-electron chi connectivity index (χ1n) is 3.96. The molecule has 0 aliphatic heterocycles. The second-order valence-electron chi connectivity index (χ2n) is 2.67. The molecular weight excluding hydrogens is 185 g/mol. The minimum atomic E-state index is -1.04. The molecule has 0 saturated carbocycles. The van der Waals surface area contributed by atoms with Gasteiger partial charge in [-0.05, 0) is 12.1 Å². The van der Waals surface area contributed by atoms with E-state index in [2.05, 4.69) is 4.74 Å². The highest BCUT2D eigenvalue weighted by Gasteiger charge is 2.13. The van der Waals surface area contributed by atoms with Crippen molar-refractivity contribution in [3.8, 4) is 6.07 Å². The van der Waals surface area contributed by atoms with Gasteiger partial charge < -0.3 is 4.74 Å². The van der Waals surface area contributed by atoms with Crippen LogP contribution < -0.4 is 0 Å². The monoisotopic (exact) mass is 193 g/mol. The molecule has 0 radical (unpaired) electrons. The number of rotatable bonds is 2. The van der Waals surface area contributed by atoms with Gasteiger partial charge in [0.15, 0.2) is 0 Å². The molecule has 0 amide bonds. The van der Waals surface area contributed by atoms with Crippen LogP contribution in [0.5, 0.6) is 0 Å². The molecule has 4 heteroatoms. The summed E-state index contributed by atoms with van der Waals surface area (Å²) < 4.78 is 17.4. The minimum absolute atomic E-state index is 0.336. The Labute approximate surface area is 80.7 Å².